The summed E-state index contributed by atoms with van der Waals surface area (Å²) < 4.78 is 119. The molecular formula is C24H18Cl3F9N2O2. The van der Waals surface area contributed by atoms with Crippen molar-refractivity contribution in [2.24, 2.45) is 5.92 Å². The Labute approximate surface area is 236 Å². The summed E-state index contributed by atoms with van der Waals surface area (Å²) in [7, 11) is 0. The van der Waals surface area contributed by atoms with Gasteiger partial charge in [0.2, 0.25) is 5.91 Å². The third-order valence-electron chi connectivity index (χ3n) is 5.27. The Bertz CT molecular complexity index is 1250. The molecule has 0 heterocycles. The van der Waals surface area contributed by atoms with Gasteiger partial charge in [0, 0.05) is 6.54 Å². The number of carbonyl (C=O) groups excluding carboxylic acids is 2. The molecule has 2 aromatic rings. The van der Waals surface area contributed by atoms with Gasteiger partial charge in [-0.25, -0.2) is 0 Å². The Morgan fingerprint density at radius 2 is 1.48 bits per heavy atom. The van der Waals surface area contributed by atoms with E-state index in [9.17, 15) is 49.1 Å². The fourth-order valence-corrected chi connectivity index (χ4v) is 3.88. The normalized spacial score (nSPS) is 14.2. The van der Waals surface area contributed by atoms with Gasteiger partial charge in [0.25, 0.3) is 5.91 Å². The van der Waals surface area contributed by atoms with E-state index in [-0.39, 0.29) is 20.6 Å². The second-order valence-electron chi connectivity index (χ2n) is 8.42. The Morgan fingerprint density at radius 1 is 0.900 bits per heavy atom. The van der Waals surface area contributed by atoms with E-state index in [0.717, 1.165) is 31.2 Å². The molecule has 220 valence electrons. The van der Waals surface area contributed by atoms with Gasteiger partial charge in [-0.15, -0.1) is 0 Å². The Kier molecular flexibility index (Phi) is 10.8. The first-order valence-corrected chi connectivity index (χ1v) is 12.1. The molecule has 2 N–H and O–H groups in total. The highest BCUT2D eigenvalue weighted by molar-refractivity contribution is 6.48. The molecule has 16 heteroatoms. The van der Waals surface area contributed by atoms with Crippen LogP contribution < -0.4 is 10.6 Å². The summed E-state index contributed by atoms with van der Waals surface area (Å²) in [6, 6.07) is 3.94. The summed E-state index contributed by atoms with van der Waals surface area (Å²) in [5.41, 5.74) is -3.19. The summed E-state index contributed by atoms with van der Waals surface area (Å²) >= 11 is 17.4. The zero-order valence-electron chi connectivity index (χ0n) is 20.0. The van der Waals surface area contributed by atoms with Crippen molar-refractivity contribution in [3.05, 3.63) is 73.7 Å². The van der Waals surface area contributed by atoms with Gasteiger partial charge in [-0.3, -0.25) is 9.59 Å². The van der Waals surface area contributed by atoms with Crippen molar-refractivity contribution >= 4 is 52.7 Å². The average molecular weight is 644 g/mol. The molecule has 0 aliphatic heterocycles. The summed E-state index contributed by atoms with van der Waals surface area (Å²) in [4.78, 5) is 24.1. The zero-order valence-corrected chi connectivity index (χ0v) is 22.2. The van der Waals surface area contributed by atoms with Crippen LogP contribution in [0.4, 0.5) is 39.5 Å². The van der Waals surface area contributed by atoms with Crippen molar-refractivity contribution in [1.82, 2.24) is 10.6 Å². The van der Waals surface area contributed by atoms with Crippen molar-refractivity contribution < 1.29 is 49.1 Å². The summed E-state index contributed by atoms with van der Waals surface area (Å²) in [5.74, 6) is -5.97. The standard InChI is InChI=1S/C24H18Cl3F9N2O2/c1-11(20(39)38-10-22(28,29)30)9-37-21(40)14-4-2-12(6-16(14)24(34,35)36)3-5-15(23(31,32)33)13-7-17(25)19(27)18(26)8-13/h2-8,11,15H,9-10H2,1H3,(H,37,40)(H,38,39)/b5-3+. The molecule has 0 bridgehead atoms. The molecule has 4 nitrogen and oxygen atoms in total. The van der Waals surface area contributed by atoms with E-state index in [1.54, 1.807) is 5.32 Å². The molecule has 40 heavy (non-hydrogen) atoms. The van der Waals surface area contributed by atoms with E-state index in [2.05, 4.69) is 0 Å². The van der Waals surface area contributed by atoms with E-state index in [1.165, 1.54) is 0 Å². The smallest absolute Gasteiger partial charge is 0.351 e. The van der Waals surface area contributed by atoms with Crippen molar-refractivity contribution in [2.75, 3.05) is 13.1 Å². The van der Waals surface area contributed by atoms with Crippen LogP contribution in [-0.4, -0.2) is 37.3 Å². The number of allylic oxidation sites excluding steroid dienone is 1. The van der Waals surface area contributed by atoms with E-state index in [4.69, 9.17) is 34.8 Å². The third kappa shape index (κ3) is 9.48. The number of hydrogen-bond acceptors (Lipinski definition) is 2. The van der Waals surface area contributed by atoms with E-state index in [0.29, 0.717) is 18.2 Å². The molecule has 2 atom stereocenters. The molecule has 0 saturated heterocycles. The van der Waals surface area contributed by atoms with Crippen LogP contribution >= 0.6 is 34.8 Å². The van der Waals surface area contributed by atoms with Gasteiger partial charge in [0.05, 0.1) is 38.0 Å². The first kappa shape index (κ1) is 33.6. The van der Waals surface area contributed by atoms with Crippen LogP contribution in [0.15, 0.2) is 36.4 Å². The van der Waals surface area contributed by atoms with Gasteiger partial charge in [0.15, 0.2) is 0 Å². The number of benzene rings is 2. The molecule has 0 spiro atoms. The minimum Gasteiger partial charge on any atom is -0.351 e. The maximum absolute atomic E-state index is 13.7. The van der Waals surface area contributed by atoms with Crippen LogP contribution in [0, 0.1) is 5.92 Å². The van der Waals surface area contributed by atoms with Gasteiger partial charge in [0.1, 0.15) is 6.54 Å². The number of halogens is 12. The number of carbonyl (C=O) groups is 2. The lowest BCUT2D eigenvalue weighted by molar-refractivity contribution is -0.140. The molecule has 0 radical (unpaired) electrons. The predicted molar refractivity (Wildman–Crippen MR) is 131 cm³/mol. The first-order valence-electron chi connectivity index (χ1n) is 10.9. The van der Waals surface area contributed by atoms with Gasteiger partial charge in [-0.05, 0) is 35.4 Å². The highest BCUT2D eigenvalue weighted by atomic mass is 35.5. The predicted octanol–water partition coefficient (Wildman–Crippen LogP) is 8.07. The third-order valence-corrected chi connectivity index (χ3v) is 6.47. The van der Waals surface area contributed by atoms with Crippen LogP contribution in [0.1, 0.15) is 39.9 Å². The molecule has 0 aromatic heterocycles. The molecule has 2 amide bonds. The molecular weight excluding hydrogens is 626 g/mol. The lowest BCUT2D eigenvalue weighted by Gasteiger charge is -2.19. The fourth-order valence-electron chi connectivity index (χ4n) is 3.26. The molecule has 2 unspecified atom stereocenters. The second kappa shape index (κ2) is 12.9. The van der Waals surface area contributed by atoms with Gasteiger partial charge in [-0.1, -0.05) is 59.9 Å². The van der Waals surface area contributed by atoms with E-state index >= 15 is 0 Å². The van der Waals surface area contributed by atoms with Gasteiger partial charge >= 0.3 is 18.5 Å². The molecule has 0 aliphatic rings. The minimum atomic E-state index is -5.12. The summed E-state index contributed by atoms with van der Waals surface area (Å²) in [5, 5.41) is 2.89. The lowest BCUT2D eigenvalue weighted by Crippen LogP contribution is -2.41. The van der Waals surface area contributed by atoms with Crippen molar-refractivity contribution in [1.29, 1.82) is 0 Å². The number of hydrogen-bond donors (Lipinski definition) is 2. The minimum absolute atomic E-state index is 0.183. The highest BCUT2D eigenvalue weighted by Gasteiger charge is 2.40. The molecule has 2 rings (SSSR count). The number of amides is 2. The second-order valence-corrected chi connectivity index (χ2v) is 9.62. The molecule has 0 fully saturated rings. The van der Waals surface area contributed by atoms with Crippen molar-refractivity contribution in [3.63, 3.8) is 0 Å². The maximum atomic E-state index is 13.7. The largest absolute Gasteiger partial charge is 0.417 e. The Hall–Kier alpha value is -2.64. The summed E-state index contributed by atoms with van der Waals surface area (Å²) in [6.07, 6.45) is -13.4. The zero-order chi connectivity index (χ0) is 30.6. The van der Waals surface area contributed by atoms with E-state index in [1.807, 2.05) is 5.32 Å². The van der Waals surface area contributed by atoms with E-state index < -0.39 is 72.0 Å². The van der Waals surface area contributed by atoms with Gasteiger partial charge < -0.3 is 10.6 Å². The lowest BCUT2D eigenvalue weighted by atomic mass is 9.96. The summed E-state index contributed by atoms with van der Waals surface area (Å²) in [6.45, 7) is -1.09. The van der Waals surface area contributed by atoms with Crippen molar-refractivity contribution in [2.45, 2.75) is 31.4 Å². The topological polar surface area (TPSA) is 58.2 Å². The SMILES string of the molecule is CC(CNC(=O)c1ccc(/C=C/C(c2cc(Cl)c(Cl)c(Cl)c2)C(F)(F)F)cc1C(F)(F)F)C(=O)NCC(F)(F)F. The van der Waals surface area contributed by atoms with Crippen LogP contribution in [0.2, 0.25) is 15.1 Å². The van der Waals surface area contributed by atoms with Crippen molar-refractivity contribution in [3.8, 4) is 0 Å². The van der Waals surface area contributed by atoms with Crippen LogP contribution in [0.25, 0.3) is 6.08 Å². The fraction of sp³-hybridized carbons (Fsp3) is 0.333. The van der Waals surface area contributed by atoms with Crippen LogP contribution in [-0.2, 0) is 11.0 Å². The molecule has 2 aromatic carbocycles. The number of alkyl halides is 9. The Balaban J connectivity index is 2.30. The monoisotopic (exact) mass is 642 g/mol. The molecule has 0 saturated carbocycles. The average Bonchev–Trinajstić information content (AvgIpc) is 2.82. The molecule has 0 aliphatic carbocycles. The van der Waals surface area contributed by atoms with Crippen LogP contribution in [0.5, 0.6) is 0 Å². The highest BCUT2D eigenvalue weighted by Crippen LogP contribution is 2.41. The van der Waals surface area contributed by atoms with Gasteiger partial charge in [-0.2, -0.15) is 39.5 Å². The number of rotatable bonds is 8. The quantitative estimate of drug-likeness (QED) is 0.226. The Morgan fingerprint density at radius 3 is 1.98 bits per heavy atom. The number of nitrogens with one attached hydrogen (secondary N) is 2. The first-order chi connectivity index (χ1) is 18.2. The maximum Gasteiger partial charge on any atom is 0.417 e. The van der Waals surface area contributed by atoms with Crippen LogP contribution in [0.3, 0.4) is 0 Å².